The van der Waals surface area contributed by atoms with Gasteiger partial charge in [-0.05, 0) is 49.6 Å². The summed E-state index contributed by atoms with van der Waals surface area (Å²) in [6.07, 6.45) is 3.45. The van der Waals surface area contributed by atoms with Crippen molar-refractivity contribution in [2.24, 2.45) is 0 Å². The van der Waals surface area contributed by atoms with Crippen LogP contribution in [0.25, 0.3) is 6.08 Å². The molecule has 0 bridgehead atoms. The van der Waals surface area contributed by atoms with Gasteiger partial charge in [-0.25, -0.2) is 0 Å². The van der Waals surface area contributed by atoms with E-state index in [1.165, 1.54) is 11.1 Å². The number of aryl methyl sites for hydroxylation is 2. The molecule has 1 rings (SSSR count). The lowest BCUT2D eigenvalue weighted by Gasteiger charge is -2.04. The zero-order valence-corrected chi connectivity index (χ0v) is 10.2. The summed E-state index contributed by atoms with van der Waals surface area (Å²) in [6.45, 7) is 5.62. The minimum atomic E-state index is 0.0740. The average molecular weight is 253 g/mol. The molecule has 14 heavy (non-hydrogen) atoms. The Bertz CT molecular complexity index is 392. The van der Waals surface area contributed by atoms with Crippen LogP contribution in [-0.2, 0) is 4.79 Å². The number of carbonyl (C=O) groups excluding carboxylic acids is 1. The predicted octanol–water partition coefficient (Wildman–Crippen LogP) is 3.67. The van der Waals surface area contributed by atoms with Crippen molar-refractivity contribution in [1.29, 1.82) is 0 Å². The summed E-state index contributed by atoms with van der Waals surface area (Å²) in [5.74, 6) is 0.0740. The van der Waals surface area contributed by atoms with Crippen LogP contribution in [0, 0.1) is 13.8 Å². The Morgan fingerprint density at radius 3 is 2.50 bits per heavy atom. The second-order valence-electron chi connectivity index (χ2n) is 3.40. The van der Waals surface area contributed by atoms with E-state index in [-0.39, 0.29) is 5.78 Å². The van der Waals surface area contributed by atoms with E-state index in [9.17, 15) is 4.79 Å². The second-order valence-corrected chi connectivity index (χ2v) is 4.26. The van der Waals surface area contributed by atoms with E-state index in [1.54, 1.807) is 13.0 Å². The van der Waals surface area contributed by atoms with E-state index in [4.69, 9.17) is 0 Å². The Hall–Kier alpha value is -0.890. The first-order valence-corrected chi connectivity index (χ1v) is 5.25. The Morgan fingerprint density at radius 1 is 1.29 bits per heavy atom. The summed E-state index contributed by atoms with van der Waals surface area (Å²) in [4.78, 5) is 10.8. The number of hydrogen-bond donors (Lipinski definition) is 0. The van der Waals surface area contributed by atoms with E-state index in [0.29, 0.717) is 0 Å². The highest BCUT2D eigenvalue weighted by Crippen LogP contribution is 2.21. The number of carbonyl (C=O) groups is 1. The van der Waals surface area contributed by atoms with Crippen LogP contribution >= 0.6 is 15.9 Å². The van der Waals surface area contributed by atoms with E-state index in [1.807, 2.05) is 19.9 Å². The Kier molecular flexibility index (Phi) is 3.64. The molecule has 0 aliphatic carbocycles. The zero-order valence-electron chi connectivity index (χ0n) is 8.60. The fourth-order valence-electron chi connectivity index (χ4n) is 1.19. The number of halogens is 1. The second kappa shape index (κ2) is 4.56. The highest BCUT2D eigenvalue weighted by molar-refractivity contribution is 9.10. The van der Waals surface area contributed by atoms with Gasteiger partial charge in [-0.2, -0.15) is 0 Å². The number of benzene rings is 1. The van der Waals surface area contributed by atoms with Gasteiger partial charge in [-0.15, -0.1) is 0 Å². The quantitative estimate of drug-likeness (QED) is 0.735. The largest absolute Gasteiger partial charge is 0.295 e. The lowest BCUT2D eigenvalue weighted by Crippen LogP contribution is -1.86. The van der Waals surface area contributed by atoms with E-state index in [0.717, 1.165) is 10.0 Å². The average Bonchev–Trinajstić information content (AvgIpc) is 2.09. The minimum absolute atomic E-state index is 0.0740. The molecule has 0 unspecified atom stereocenters. The topological polar surface area (TPSA) is 17.1 Å². The third-order valence-corrected chi connectivity index (χ3v) is 2.90. The summed E-state index contributed by atoms with van der Waals surface area (Å²) in [5.41, 5.74) is 3.44. The van der Waals surface area contributed by atoms with E-state index < -0.39 is 0 Å². The van der Waals surface area contributed by atoms with Gasteiger partial charge >= 0.3 is 0 Å². The molecule has 74 valence electrons. The molecule has 2 heteroatoms. The summed E-state index contributed by atoms with van der Waals surface area (Å²) in [6, 6.07) is 4.13. The molecule has 0 N–H and O–H groups in total. The van der Waals surface area contributed by atoms with Crippen LogP contribution in [0.3, 0.4) is 0 Å². The molecule has 0 aliphatic rings. The van der Waals surface area contributed by atoms with Crippen molar-refractivity contribution in [2.75, 3.05) is 0 Å². The van der Waals surface area contributed by atoms with Crippen molar-refractivity contribution < 1.29 is 4.79 Å². The van der Waals surface area contributed by atoms with Gasteiger partial charge in [0.1, 0.15) is 0 Å². The normalized spacial score (nSPS) is 10.9. The van der Waals surface area contributed by atoms with Crippen molar-refractivity contribution in [2.45, 2.75) is 20.8 Å². The summed E-state index contributed by atoms with van der Waals surface area (Å²) < 4.78 is 1.11. The molecule has 0 saturated heterocycles. The van der Waals surface area contributed by atoms with Crippen LogP contribution in [0.15, 0.2) is 22.7 Å². The minimum Gasteiger partial charge on any atom is -0.295 e. The molecule has 0 amide bonds. The van der Waals surface area contributed by atoms with Gasteiger partial charge in [-0.3, -0.25) is 4.79 Å². The van der Waals surface area contributed by atoms with Crippen LogP contribution < -0.4 is 0 Å². The van der Waals surface area contributed by atoms with Crippen molar-refractivity contribution in [3.05, 3.63) is 39.4 Å². The van der Waals surface area contributed by atoms with Gasteiger partial charge < -0.3 is 0 Å². The molecule has 1 aromatic rings. The van der Waals surface area contributed by atoms with Crippen LogP contribution in [0.4, 0.5) is 0 Å². The summed E-state index contributed by atoms with van der Waals surface area (Å²) in [7, 11) is 0. The monoisotopic (exact) mass is 252 g/mol. The van der Waals surface area contributed by atoms with Gasteiger partial charge in [0.05, 0.1) is 0 Å². The molecule has 0 heterocycles. The maximum atomic E-state index is 10.8. The van der Waals surface area contributed by atoms with E-state index in [2.05, 4.69) is 28.1 Å². The molecule has 0 atom stereocenters. The third-order valence-electron chi connectivity index (χ3n) is 2.04. The van der Waals surface area contributed by atoms with Crippen molar-refractivity contribution in [3.63, 3.8) is 0 Å². The first kappa shape index (κ1) is 11.2. The molecule has 1 nitrogen and oxygen atoms in total. The first-order valence-electron chi connectivity index (χ1n) is 4.46. The van der Waals surface area contributed by atoms with Crippen molar-refractivity contribution in [3.8, 4) is 0 Å². The summed E-state index contributed by atoms with van der Waals surface area (Å²) >= 11 is 3.47. The summed E-state index contributed by atoms with van der Waals surface area (Å²) in [5, 5.41) is 0. The van der Waals surface area contributed by atoms with Crippen LogP contribution in [0.5, 0.6) is 0 Å². The van der Waals surface area contributed by atoms with E-state index >= 15 is 0 Å². The van der Waals surface area contributed by atoms with Gasteiger partial charge in [0.15, 0.2) is 5.78 Å². The molecule has 0 aliphatic heterocycles. The number of rotatable bonds is 2. The fourth-order valence-corrected chi connectivity index (χ4v) is 1.65. The molecule has 0 aromatic heterocycles. The predicted molar refractivity (Wildman–Crippen MR) is 63.3 cm³/mol. The number of allylic oxidation sites excluding steroid dienone is 1. The van der Waals surface area contributed by atoms with Gasteiger partial charge in [0, 0.05) is 4.47 Å². The van der Waals surface area contributed by atoms with Gasteiger partial charge in [0.2, 0.25) is 0 Å². The van der Waals surface area contributed by atoms with Crippen molar-refractivity contribution in [1.82, 2.24) is 0 Å². The fraction of sp³-hybridized carbons (Fsp3) is 0.250. The molecule has 0 fully saturated rings. The standard InChI is InChI=1S/C12H13BrO/c1-8-7-12(13)9(2)6-11(8)5-4-10(3)14/h4-7H,1-3H3/b5-4+. The maximum absolute atomic E-state index is 10.8. The van der Waals surface area contributed by atoms with Gasteiger partial charge in [0.25, 0.3) is 0 Å². The number of ketones is 1. The molecule has 0 saturated carbocycles. The Balaban J connectivity index is 3.10. The highest BCUT2D eigenvalue weighted by atomic mass is 79.9. The van der Waals surface area contributed by atoms with Crippen molar-refractivity contribution >= 4 is 27.8 Å². The molecule has 0 radical (unpaired) electrons. The Labute approximate surface area is 93.0 Å². The maximum Gasteiger partial charge on any atom is 0.152 e. The Morgan fingerprint density at radius 2 is 1.93 bits per heavy atom. The lowest BCUT2D eigenvalue weighted by molar-refractivity contribution is -0.112. The highest BCUT2D eigenvalue weighted by Gasteiger charge is 1.99. The molecule has 1 aromatic carbocycles. The number of hydrogen-bond acceptors (Lipinski definition) is 1. The smallest absolute Gasteiger partial charge is 0.152 e. The zero-order chi connectivity index (χ0) is 10.7. The van der Waals surface area contributed by atoms with Crippen LogP contribution in [0.2, 0.25) is 0 Å². The molecule has 0 spiro atoms. The van der Waals surface area contributed by atoms with Crippen LogP contribution in [-0.4, -0.2) is 5.78 Å². The van der Waals surface area contributed by atoms with Gasteiger partial charge in [-0.1, -0.05) is 28.1 Å². The SMILES string of the molecule is CC(=O)/C=C/c1cc(C)c(Br)cc1C. The first-order chi connectivity index (χ1) is 6.50. The molecular formula is C12H13BrO. The van der Waals surface area contributed by atoms with Crippen LogP contribution in [0.1, 0.15) is 23.6 Å². The molecular weight excluding hydrogens is 240 g/mol. The lowest BCUT2D eigenvalue weighted by atomic mass is 10.1. The third kappa shape index (κ3) is 2.81.